The molecule has 1 unspecified atom stereocenters. The number of anilines is 1. The molecule has 3 amide bonds. The van der Waals surface area contributed by atoms with E-state index in [2.05, 4.69) is 27.1 Å². The molecule has 0 spiro atoms. The van der Waals surface area contributed by atoms with Gasteiger partial charge in [0.05, 0.1) is 5.92 Å². The van der Waals surface area contributed by atoms with Crippen molar-refractivity contribution in [1.29, 1.82) is 0 Å². The Bertz CT molecular complexity index is 765. The van der Waals surface area contributed by atoms with Crippen LogP contribution in [0.15, 0.2) is 12.4 Å². The predicted molar refractivity (Wildman–Crippen MR) is 107 cm³/mol. The molecule has 3 saturated heterocycles. The van der Waals surface area contributed by atoms with E-state index in [0.29, 0.717) is 24.7 Å². The van der Waals surface area contributed by atoms with Crippen molar-refractivity contribution in [1.82, 2.24) is 20.2 Å². The SMILES string of the molecule is CC1CCN(C(=O)C2CCN(c3ncc(C4CCC(=O)NC4=O)cn3)CC2)CC1. The molecule has 4 heterocycles. The largest absolute Gasteiger partial charge is 0.342 e. The minimum atomic E-state index is -0.364. The number of imide groups is 1. The van der Waals surface area contributed by atoms with E-state index in [0.717, 1.165) is 63.3 Å². The molecule has 1 N–H and O–H groups in total. The quantitative estimate of drug-likeness (QED) is 0.774. The van der Waals surface area contributed by atoms with E-state index in [1.807, 2.05) is 4.90 Å². The number of rotatable bonds is 3. The zero-order valence-electron chi connectivity index (χ0n) is 17.0. The first-order chi connectivity index (χ1) is 14.0. The molecular weight excluding hydrogens is 370 g/mol. The van der Waals surface area contributed by atoms with Crippen molar-refractivity contribution < 1.29 is 14.4 Å². The number of aromatic nitrogens is 2. The van der Waals surface area contributed by atoms with Crippen LogP contribution >= 0.6 is 0 Å². The number of amides is 3. The van der Waals surface area contributed by atoms with Gasteiger partial charge in [0.1, 0.15) is 0 Å². The molecule has 0 saturated carbocycles. The van der Waals surface area contributed by atoms with Gasteiger partial charge >= 0.3 is 0 Å². The average Bonchev–Trinajstić information content (AvgIpc) is 2.74. The Morgan fingerprint density at radius 1 is 1.00 bits per heavy atom. The molecule has 1 aromatic heterocycles. The van der Waals surface area contributed by atoms with Crippen LogP contribution in [0.1, 0.15) is 56.9 Å². The summed E-state index contributed by atoms with van der Waals surface area (Å²) in [4.78, 5) is 49.2. The third-order valence-corrected chi connectivity index (χ3v) is 6.52. The van der Waals surface area contributed by atoms with E-state index in [1.54, 1.807) is 12.4 Å². The lowest BCUT2D eigenvalue weighted by molar-refractivity contribution is -0.137. The number of nitrogens with one attached hydrogen (secondary N) is 1. The van der Waals surface area contributed by atoms with Crippen LogP contribution in [0.2, 0.25) is 0 Å². The van der Waals surface area contributed by atoms with Crippen LogP contribution in [-0.2, 0) is 14.4 Å². The maximum absolute atomic E-state index is 12.8. The molecule has 0 bridgehead atoms. The van der Waals surface area contributed by atoms with Crippen LogP contribution in [0.4, 0.5) is 5.95 Å². The highest BCUT2D eigenvalue weighted by Gasteiger charge is 2.32. The van der Waals surface area contributed by atoms with Gasteiger partial charge < -0.3 is 9.80 Å². The number of carbonyl (C=O) groups excluding carboxylic acids is 3. The molecule has 29 heavy (non-hydrogen) atoms. The van der Waals surface area contributed by atoms with E-state index in [9.17, 15) is 14.4 Å². The van der Waals surface area contributed by atoms with Crippen LogP contribution in [0.3, 0.4) is 0 Å². The average molecular weight is 399 g/mol. The molecule has 1 aromatic rings. The number of hydrogen-bond acceptors (Lipinski definition) is 6. The summed E-state index contributed by atoms with van der Waals surface area (Å²) in [6, 6.07) is 0. The Hall–Kier alpha value is -2.51. The van der Waals surface area contributed by atoms with Gasteiger partial charge in [0.15, 0.2) is 0 Å². The lowest BCUT2D eigenvalue weighted by Crippen LogP contribution is -2.45. The number of piperidine rings is 3. The van der Waals surface area contributed by atoms with Crippen molar-refractivity contribution in [2.45, 2.75) is 51.4 Å². The second-order valence-corrected chi connectivity index (χ2v) is 8.59. The van der Waals surface area contributed by atoms with Gasteiger partial charge in [-0.2, -0.15) is 0 Å². The summed E-state index contributed by atoms with van der Waals surface area (Å²) < 4.78 is 0. The Labute approximate surface area is 171 Å². The molecule has 3 aliphatic heterocycles. The van der Waals surface area contributed by atoms with E-state index < -0.39 is 0 Å². The van der Waals surface area contributed by atoms with E-state index in [1.165, 1.54) is 0 Å². The molecule has 8 heteroatoms. The highest BCUT2D eigenvalue weighted by atomic mass is 16.2. The highest BCUT2D eigenvalue weighted by Crippen LogP contribution is 2.27. The lowest BCUT2D eigenvalue weighted by Gasteiger charge is -2.36. The summed E-state index contributed by atoms with van der Waals surface area (Å²) in [6.45, 7) is 5.57. The zero-order chi connectivity index (χ0) is 20.4. The van der Waals surface area contributed by atoms with Crippen molar-refractivity contribution in [2.75, 3.05) is 31.1 Å². The smallest absolute Gasteiger partial charge is 0.234 e. The van der Waals surface area contributed by atoms with Gasteiger partial charge in [0.25, 0.3) is 0 Å². The van der Waals surface area contributed by atoms with Gasteiger partial charge in [-0.3, -0.25) is 19.7 Å². The van der Waals surface area contributed by atoms with Crippen molar-refractivity contribution in [3.63, 3.8) is 0 Å². The molecule has 3 aliphatic rings. The van der Waals surface area contributed by atoms with Gasteiger partial charge in [-0.05, 0) is 38.0 Å². The molecule has 0 aliphatic carbocycles. The number of nitrogens with zero attached hydrogens (tertiary/aromatic N) is 4. The standard InChI is InChI=1S/C21H29N5O3/c1-14-4-8-25(9-5-14)20(29)15-6-10-26(11-7-15)21-22-12-16(13-23-21)17-2-3-18(27)24-19(17)28/h12-15,17H,2-11H2,1H3,(H,24,27,28). The van der Waals surface area contributed by atoms with Gasteiger partial charge in [-0.25, -0.2) is 9.97 Å². The molecule has 4 rings (SSSR count). The van der Waals surface area contributed by atoms with Crippen LogP contribution in [0.25, 0.3) is 0 Å². The molecule has 1 atom stereocenters. The summed E-state index contributed by atoms with van der Waals surface area (Å²) in [7, 11) is 0. The molecule has 3 fully saturated rings. The van der Waals surface area contributed by atoms with Crippen molar-refractivity contribution in [3.8, 4) is 0 Å². The second-order valence-electron chi connectivity index (χ2n) is 8.59. The van der Waals surface area contributed by atoms with E-state index in [-0.39, 0.29) is 23.7 Å². The maximum Gasteiger partial charge on any atom is 0.234 e. The first-order valence-electron chi connectivity index (χ1n) is 10.7. The van der Waals surface area contributed by atoms with Crippen molar-refractivity contribution in [3.05, 3.63) is 18.0 Å². The molecular formula is C21H29N5O3. The predicted octanol–water partition coefficient (Wildman–Crippen LogP) is 1.47. The third-order valence-electron chi connectivity index (χ3n) is 6.52. The zero-order valence-corrected chi connectivity index (χ0v) is 17.0. The molecule has 156 valence electrons. The van der Waals surface area contributed by atoms with Gasteiger partial charge in [-0.15, -0.1) is 0 Å². The summed E-state index contributed by atoms with van der Waals surface area (Å²) in [5.74, 6) is 0.912. The highest BCUT2D eigenvalue weighted by molar-refractivity contribution is 6.00. The van der Waals surface area contributed by atoms with Gasteiger partial charge in [-0.1, -0.05) is 6.92 Å². The molecule has 8 nitrogen and oxygen atoms in total. The van der Waals surface area contributed by atoms with Crippen LogP contribution in [0.5, 0.6) is 0 Å². The normalized spacial score (nSPS) is 24.5. The fourth-order valence-electron chi connectivity index (χ4n) is 4.50. The molecule has 0 aromatic carbocycles. The number of carbonyl (C=O) groups is 3. The Kier molecular flexibility index (Phi) is 5.78. The maximum atomic E-state index is 12.8. The molecule has 0 radical (unpaired) electrons. The van der Waals surface area contributed by atoms with E-state index >= 15 is 0 Å². The first-order valence-corrected chi connectivity index (χ1v) is 10.7. The van der Waals surface area contributed by atoms with Crippen molar-refractivity contribution in [2.24, 2.45) is 11.8 Å². The Balaban J connectivity index is 1.31. The number of hydrogen-bond donors (Lipinski definition) is 1. The fraction of sp³-hybridized carbons (Fsp3) is 0.667. The van der Waals surface area contributed by atoms with Crippen LogP contribution in [0, 0.1) is 11.8 Å². The summed E-state index contributed by atoms with van der Waals surface area (Å²) in [5.41, 5.74) is 0.739. The second kappa shape index (κ2) is 8.47. The van der Waals surface area contributed by atoms with Crippen LogP contribution in [-0.4, -0.2) is 58.8 Å². The third kappa shape index (κ3) is 4.41. The Morgan fingerprint density at radius 3 is 2.28 bits per heavy atom. The fourth-order valence-corrected chi connectivity index (χ4v) is 4.50. The minimum absolute atomic E-state index is 0.0994. The summed E-state index contributed by atoms with van der Waals surface area (Å²) >= 11 is 0. The number of likely N-dealkylation sites (tertiary alicyclic amines) is 1. The topological polar surface area (TPSA) is 95.5 Å². The van der Waals surface area contributed by atoms with Gasteiger partial charge in [0, 0.05) is 56.5 Å². The Morgan fingerprint density at radius 2 is 1.66 bits per heavy atom. The minimum Gasteiger partial charge on any atom is -0.342 e. The van der Waals surface area contributed by atoms with Crippen LogP contribution < -0.4 is 10.2 Å². The lowest BCUT2D eigenvalue weighted by atomic mass is 9.92. The first kappa shape index (κ1) is 19.8. The van der Waals surface area contributed by atoms with E-state index in [4.69, 9.17) is 0 Å². The van der Waals surface area contributed by atoms with Crippen molar-refractivity contribution >= 4 is 23.7 Å². The monoisotopic (exact) mass is 399 g/mol. The summed E-state index contributed by atoms with van der Waals surface area (Å²) in [6.07, 6.45) is 8.08. The van der Waals surface area contributed by atoms with Gasteiger partial charge in [0.2, 0.25) is 23.7 Å². The summed E-state index contributed by atoms with van der Waals surface area (Å²) in [5, 5.41) is 2.37.